The Bertz CT molecular complexity index is 332. The zero-order chi connectivity index (χ0) is 14.6. The summed E-state index contributed by atoms with van der Waals surface area (Å²) in [5.41, 5.74) is 0.385. The van der Waals surface area contributed by atoms with Crippen LogP contribution in [-0.2, 0) is 4.79 Å². The minimum Gasteiger partial charge on any atom is -0.481 e. The maximum Gasteiger partial charge on any atom is 0.319 e. The fraction of sp³-hybridized carbons (Fsp3) is 0.857. The molecule has 0 spiro atoms. The van der Waals surface area contributed by atoms with E-state index in [2.05, 4.69) is 13.8 Å². The SMILES string of the molecule is CN(CCC(=O)O)C(=O)N(C)C1CCC(C)(C)CC1. The summed E-state index contributed by atoms with van der Waals surface area (Å²) >= 11 is 0. The van der Waals surface area contributed by atoms with Crippen molar-refractivity contribution in [1.29, 1.82) is 0 Å². The zero-order valence-corrected chi connectivity index (χ0v) is 12.5. The summed E-state index contributed by atoms with van der Waals surface area (Å²) in [6.07, 6.45) is 4.32. The molecule has 1 fully saturated rings. The van der Waals surface area contributed by atoms with Gasteiger partial charge in [-0.3, -0.25) is 4.79 Å². The van der Waals surface area contributed by atoms with Crippen LogP contribution in [0.1, 0.15) is 46.0 Å². The van der Waals surface area contributed by atoms with Crippen LogP contribution in [0.15, 0.2) is 0 Å². The number of hydrogen-bond acceptors (Lipinski definition) is 2. The van der Waals surface area contributed by atoms with Crippen molar-refractivity contribution in [3.8, 4) is 0 Å². The number of carbonyl (C=O) groups excluding carboxylic acids is 1. The van der Waals surface area contributed by atoms with E-state index in [1.165, 1.54) is 4.90 Å². The summed E-state index contributed by atoms with van der Waals surface area (Å²) in [7, 11) is 3.48. The maximum absolute atomic E-state index is 12.2. The van der Waals surface area contributed by atoms with Gasteiger partial charge in [0.25, 0.3) is 0 Å². The highest BCUT2D eigenvalue weighted by Gasteiger charge is 2.31. The fourth-order valence-corrected chi connectivity index (χ4v) is 2.56. The van der Waals surface area contributed by atoms with Gasteiger partial charge in [-0.25, -0.2) is 4.79 Å². The van der Waals surface area contributed by atoms with Crippen molar-refractivity contribution < 1.29 is 14.7 Å². The molecule has 1 rings (SSSR count). The third-order valence-corrected chi connectivity index (χ3v) is 4.15. The van der Waals surface area contributed by atoms with Crippen molar-refractivity contribution in [1.82, 2.24) is 9.80 Å². The first-order valence-electron chi connectivity index (χ1n) is 6.93. The number of carbonyl (C=O) groups is 2. The molecule has 0 bridgehead atoms. The lowest BCUT2D eigenvalue weighted by Gasteiger charge is -2.39. The first-order valence-corrected chi connectivity index (χ1v) is 6.93. The second kappa shape index (κ2) is 6.26. The summed E-state index contributed by atoms with van der Waals surface area (Å²) < 4.78 is 0. The van der Waals surface area contributed by atoms with Crippen molar-refractivity contribution in [3.63, 3.8) is 0 Å². The summed E-state index contributed by atoms with van der Waals surface area (Å²) in [6.45, 7) is 4.80. The van der Waals surface area contributed by atoms with Gasteiger partial charge < -0.3 is 14.9 Å². The molecule has 2 amide bonds. The van der Waals surface area contributed by atoms with E-state index in [-0.39, 0.29) is 25.0 Å². The van der Waals surface area contributed by atoms with Crippen LogP contribution >= 0.6 is 0 Å². The number of aliphatic carboxylic acids is 1. The standard InChI is InChI=1S/C14H26N2O3/c1-14(2)8-5-11(6-9-14)16(4)13(19)15(3)10-7-12(17)18/h11H,5-10H2,1-4H3,(H,17,18). The molecule has 0 radical (unpaired) electrons. The largest absolute Gasteiger partial charge is 0.481 e. The average molecular weight is 270 g/mol. The van der Waals surface area contributed by atoms with Crippen LogP contribution in [0, 0.1) is 5.41 Å². The van der Waals surface area contributed by atoms with E-state index in [0.29, 0.717) is 5.41 Å². The third-order valence-electron chi connectivity index (χ3n) is 4.15. The minimum atomic E-state index is -0.873. The third kappa shape index (κ3) is 4.73. The second-order valence-corrected chi connectivity index (χ2v) is 6.35. The van der Waals surface area contributed by atoms with Crippen molar-refractivity contribution in [2.45, 2.75) is 52.0 Å². The molecule has 1 N–H and O–H groups in total. The number of hydrogen-bond donors (Lipinski definition) is 1. The highest BCUT2D eigenvalue weighted by Crippen LogP contribution is 2.36. The molecule has 19 heavy (non-hydrogen) atoms. The van der Waals surface area contributed by atoms with Gasteiger partial charge in [0, 0.05) is 26.7 Å². The van der Waals surface area contributed by atoms with Gasteiger partial charge in [0.05, 0.1) is 6.42 Å². The minimum absolute atomic E-state index is 0.00617. The van der Waals surface area contributed by atoms with Crippen molar-refractivity contribution in [2.24, 2.45) is 5.41 Å². The van der Waals surface area contributed by atoms with E-state index in [1.807, 2.05) is 7.05 Å². The molecule has 110 valence electrons. The lowest BCUT2D eigenvalue weighted by Crippen LogP contribution is -2.46. The highest BCUT2D eigenvalue weighted by atomic mass is 16.4. The fourth-order valence-electron chi connectivity index (χ4n) is 2.56. The van der Waals surface area contributed by atoms with Crippen LogP contribution in [-0.4, -0.2) is 53.6 Å². The van der Waals surface area contributed by atoms with Gasteiger partial charge in [-0.05, 0) is 31.1 Å². The van der Waals surface area contributed by atoms with Gasteiger partial charge in [0.15, 0.2) is 0 Å². The van der Waals surface area contributed by atoms with E-state index in [0.717, 1.165) is 25.7 Å². The Morgan fingerprint density at radius 2 is 1.74 bits per heavy atom. The predicted octanol–water partition coefficient (Wildman–Crippen LogP) is 2.41. The van der Waals surface area contributed by atoms with E-state index in [4.69, 9.17) is 5.11 Å². The normalized spacial score (nSPS) is 18.9. The van der Waals surface area contributed by atoms with Crippen molar-refractivity contribution >= 4 is 12.0 Å². The number of carboxylic acid groups (broad SMARTS) is 1. The number of nitrogens with zero attached hydrogens (tertiary/aromatic N) is 2. The van der Waals surface area contributed by atoms with Gasteiger partial charge in [-0.2, -0.15) is 0 Å². The zero-order valence-electron chi connectivity index (χ0n) is 12.5. The monoisotopic (exact) mass is 270 g/mol. The van der Waals surface area contributed by atoms with E-state index < -0.39 is 5.97 Å². The Labute approximate surface area is 115 Å². The molecular weight excluding hydrogens is 244 g/mol. The highest BCUT2D eigenvalue weighted by molar-refractivity contribution is 5.75. The second-order valence-electron chi connectivity index (χ2n) is 6.35. The molecule has 1 saturated carbocycles. The van der Waals surface area contributed by atoms with Crippen LogP contribution in [0.3, 0.4) is 0 Å². The smallest absolute Gasteiger partial charge is 0.319 e. The Morgan fingerprint density at radius 3 is 2.21 bits per heavy atom. The molecule has 5 nitrogen and oxygen atoms in total. The summed E-state index contributed by atoms with van der Waals surface area (Å²) in [4.78, 5) is 26.0. The van der Waals surface area contributed by atoms with Crippen molar-refractivity contribution in [3.05, 3.63) is 0 Å². The Balaban J connectivity index is 2.46. The predicted molar refractivity (Wildman–Crippen MR) is 74.1 cm³/mol. The Morgan fingerprint density at radius 1 is 1.21 bits per heavy atom. The number of amides is 2. The van der Waals surface area contributed by atoms with Crippen LogP contribution in [0.25, 0.3) is 0 Å². The van der Waals surface area contributed by atoms with Crippen LogP contribution in [0.5, 0.6) is 0 Å². The molecule has 0 atom stereocenters. The molecule has 0 heterocycles. The van der Waals surface area contributed by atoms with E-state index in [1.54, 1.807) is 11.9 Å². The molecule has 0 saturated heterocycles. The topological polar surface area (TPSA) is 60.9 Å². The summed E-state index contributed by atoms with van der Waals surface area (Å²) in [5.74, 6) is -0.873. The lowest BCUT2D eigenvalue weighted by atomic mass is 9.75. The Hall–Kier alpha value is -1.26. The molecule has 0 unspecified atom stereocenters. The first-order chi connectivity index (χ1) is 8.73. The summed E-state index contributed by atoms with van der Waals surface area (Å²) in [6, 6.07) is 0.207. The molecule has 0 aromatic heterocycles. The van der Waals surface area contributed by atoms with Gasteiger partial charge in [0.2, 0.25) is 0 Å². The molecule has 0 aromatic carbocycles. The molecule has 1 aliphatic rings. The molecule has 5 heteroatoms. The van der Waals surface area contributed by atoms with Crippen LogP contribution < -0.4 is 0 Å². The van der Waals surface area contributed by atoms with Crippen LogP contribution in [0.2, 0.25) is 0 Å². The molecule has 1 aliphatic carbocycles. The molecule has 0 aliphatic heterocycles. The number of urea groups is 1. The van der Waals surface area contributed by atoms with Gasteiger partial charge in [-0.1, -0.05) is 13.8 Å². The van der Waals surface area contributed by atoms with E-state index >= 15 is 0 Å². The maximum atomic E-state index is 12.2. The quantitative estimate of drug-likeness (QED) is 0.853. The summed E-state index contributed by atoms with van der Waals surface area (Å²) in [5, 5.41) is 8.64. The first kappa shape index (κ1) is 15.8. The molecule has 0 aromatic rings. The lowest BCUT2D eigenvalue weighted by molar-refractivity contribution is -0.137. The Kier molecular flexibility index (Phi) is 5.20. The number of rotatable bonds is 4. The van der Waals surface area contributed by atoms with E-state index in [9.17, 15) is 9.59 Å². The van der Waals surface area contributed by atoms with Gasteiger partial charge in [0.1, 0.15) is 0 Å². The van der Waals surface area contributed by atoms with Crippen molar-refractivity contribution in [2.75, 3.05) is 20.6 Å². The van der Waals surface area contributed by atoms with Gasteiger partial charge >= 0.3 is 12.0 Å². The molecular formula is C14H26N2O3. The number of carboxylic acids is 1. The average Bonchev–Trinajstić information content (AvgIpc) is 2.34. The van der Waals surface area contributed by atoms with Crippen LogP contribution in [0.4, 0.5) is 4.79 Å². The van der Waals surface area contributed by atoms with Gasteiger partial charge in [-0.15, -0.1) is 0 Å².